The van der Waals surface area contributed by atoms with E-state index in [4.69, 9.17) is 16.3 Å². The fourth-order valence-electron chi connectivity index (χ4n) is 1.16. The maximum atomic E-state index is 5.83. The van der Waals surface area contributed by atoms with E-state index in [9.17, 15) is 0 Å². The zero-order valence-electron chi connectivity index (χ0n) is 8.18. The highest BCUT2D eigenvalue weighted by Gasteiger charge is 2.04. The number of ether oxygens (including phenoxy) is 1. The number of benzene rings is 1. The van der Waals surface area contributed by atoms with Crippen LogP contribution in [0.2, 0.25) is 5.02 Å². The van der Waals surface area contributed by atoms with Crippen LogP contribution in [-0.2, 0) is 4.74 Å². The maximum Gasteiger partial charge on any atom is 0.0661 e. The zero-order valence-corrected chi connectivity index (χ0v) is 10.5. The van der Waals surface area contributed by atoms with E-state index in [2.05, 4.69) is 28.2 Å². The Labute approximate surface area is 97.7 Å². The summed E-state index contributed by atoms with van der Waals surface area (Å²) in [5.74, 6) is 0. The number of methoxy groups -OCH3 is 1. The molecule has 0 radical (unpaired) electrons. The number of halogens is 2. The lowest BCUT2D eigenvalue weighted by atomic mass is 10.3. The standard InChI is InChI=1S/C10H13BrClNO/c1-7(6-14-2)13-10-4-3-8(12)5-9(10)11/h3-5,7,13H,6H2,1-2H3. The molecule has 1 rings (SSSR count). The Morgan fingerprint density at radius 3 is 2.86 bits per heavy atom. The molecule has 0 aliphatic heterocycles. The van der Waals surface area contributed by atoms with Crippen LogP contribution < -0.4 is 5.32 Å². The lowest BCUT2D eigenvalue weighted by Gasteiger charge is -2.15. The van der Waals surface area contributed by atoms with Gasteiger partial charge in [0.05, 0.1) is 6.61 Å². The summed E-state index contributed by atoms with van der Waals surface area (Å²) < 4.78 is 6.00. The van der Waals surface area contributed by atoms with Crippen molar-refractivity contribution in [1.82, 2.24) is 0 Å². The number of nitrogens with one attached hydrogen (secondary N) is 1. The van der Waals surface area contributed by atoms with E-state index in [0.29, 0.717) is 6.61 Å². The Hall–Kier alpha value is -0.250. The van der Waals surface area contributed by atoms with E-state index in [-0.39, 0.29) is 6.04 Å². The number of hydrogen-bond donors (Lipinski definition) is 1. The van der Waals surface area contributed by atoms with Gasteiger partial charge in [0.15, 0.2) is 0 Å². The molecule has 0 heterocycles. The average Bonchev–Trinajstić information content (AvgIpc) is 2.10. The summed E-state index contributed by atoms with van der Waals surface area (Å²) in [6, 6.07) is 5.94. The molecule has 14 heavy (non-hydrogen) atoms. The summed E-state index contributed by atoms with van der Waals surface area (Å²) in [5.41, 5.74) is 1.03. The monoisotopic (exact) mass is 277 g/mol. The third-order valence-electron chi connectivity index (χ3n) is 1.75. The highest BCUT2D eigenvalue weighted by atomic mass is 79.9. The molecule has 0 saturated heterocycles. The first kappa shape index (κ1) is 11.8. The van der Waals surface area contributed by atoms with Crippen molar-refractivity contribution in [3.63, 3.8) is 0 Å². The normalized spacial score (nSPS) is 12.6. The Balaban J connectivity index is 2.67. The van der Waals surface area contributed by atoms with E-state index >= 15 is 0 Å². The van der Waals surface area contributed by atoms with Crippen molar-refractivity contribution in [3.05, 3.63) is 27.7 Å². The third-order valence-corrected chi connectivity index (χ3v) is 2.64. The highest BCUT2D eigenvalue weighted by molar-refractivity contribution is 9.10. The molecule has 0 spiro atoms. The summed E-state index contributed by atoms with van der Waals surface area (Å²) in [7, 11) is 1.69. The first-order valence-corrected chi connectivity index (χ1v) is 5.51. The van der Waals surface area contributed by atoms with Gasteiger partial charge >= 0.3 is 0 Å². The van der Waals surface area contributed by atoms with Gasteiger partial charge in [0.1, 0.15) is 0 Å². The van der Waals surface area contributed by atoms with Gasteiger partial charge in [-0.15, -0.1) is 0 Å². The van der Waals surface area contributed by atoms with Crippen LogP contribution in [0.15, 0.2) is 22.7 Å². The van der Waals surface area contributed by atoms with Crippen LogP contribution in [0.5, 0.6) is 0 Å². The number of anilines is 1. The van der Waals surface area contributed by atoms with Crippen molar-refractivity contribution in [2.24, 2.45) is 0 Å². The van der Waals surface area contributed by atoms with Crippen LogP contribution >= 0.6 is 27.5 Å². The molecule has 4 heteroatoms. The molecule has 0 bridgehead atoms. The van der Waals surface area contributed by atoms with E-state index in [1.165, 1.54) is 0 Å². The van der Waals surface area contributed by atoms with E-state index in [1.807, 2.05) is 18.2 Å². The minimum absolute atomic E-state index is 0.275. The lowest BCUT2D eigenvalue weighted by molar-refractivity contribution is 0.190. The molecule has 0 saturated carbocycles. The van der Waals surface area contributed by atoms with Gasteiger partial charge in [0, 0.05) is 28.3 Å². The Kier molecular flexibility index (Phi) is 4.72. The molecule has 1 atom stereocenters. The van der Waals surface area contributed by atoms with Gasteiger partial charge in [-0.05, 0) is 41.1 Å². The largest absolute Gasteiger partial charge is 0.383 e. The van der Waals surface area contributed by atoms with E-state index in [1.54, 1.807) is 7.11 Å². The van der Waals surface area contributed by atoms with Gasteiger partial charge in [-0.3, -0.25) is 0 Å². The van der Waals surface area contributed by atoms with Crippen LogP contribution in [0.1, 0.15) is 6.92 Å². The minimum atomic E-state index is 0.275. The van der Waals surface area contributed by atoms with Crippen LogP contribution in [0.4, 0.5) is 5.69 Å². The fourth-order valence-corrected chi connectivity index (χ4v) is 1.96. The first-order chi connectivity index (χ1) is 6.63. The van der Waals surface area contributed by atoms with Crippen LogP contribution in [0.25, 0.3) is 0 Å². The van der Waals surface area contributed by atoms with Gasteiger partial charge in [0.2, 0.25) is 0 Å². The summed E-state index contributed by atoms with van der Waals surface area (Å²) in [6.07, 6.45) is 0. The lowest BCUT2D eigenvalue weighted by Crippen LogP contribution is -2.20. The molecule has 0 aliphatic carbocycles. The molecular formula is C10H13BrClNO. The average molecular weight is 279 g/mol. The van der Waals surface area contributed by atoms with Gasteiger partial charge < -0.3 is 10.1 Å². The minimum Gasteiger partial charge on any atom is -0.383 e. The Morgan fingerprint density at radius 2 is 2.29 bits per heavy atom. The van der Waals surface area contributed by atoms with Crippen molar-refractivity contribution in [1.29, 1.82) is 0 Å². The van der Waals surface area contributed by atoms with E-state index < -0.39 is 0 Å². The fraction of sp³-hybridized carbons (Fsp3) is 0.400. The number of rotatable bonds is 4. The first-order valence-electron chi connectivity index (χ1n) is 4.34. The maximum absolute atomic E-state index is 5.83. The predicted molar refractivity (Wildman–Crippen MR) is 64.1 cm³/mol. The van der Waals surface area contributed by atoms with Gasteiger partial charge in [0.25, 0.3) is 0 Å². The van der Waals surface area contributed by atoms with Crippen molar-refractivity contribution in [2.45, 2.75) is 13.0 Å². The quantitative estimate of drug-likeness (QED) is 0.909. The summed E-state index contributed by atoms with van der Waals surface area (Å²) in [5, 5.41) is 4.03. The second-order valence-corrected chi connectivity index (χ2v) is 4.42. The van der Waals surface area contributed by atoms with Crippen molar-refractivity contribution >= 4 is 33.2 Å². The van der Waals surface area contributed by atoms with Crippen LogP contribution in [0.3, 0.4) is 0 Å². The topological polar surface area (TPSA) is 21.3 Å². The molecule has 0 amide bonds. The van der Waals surface area contributed by atoms with Crippen molar-refractivity contribution < 1.29 is 4.74 Å². The molecule has 0 aromatic heterocycles. The smallest absolute Gasteiger partial charge is 0.0661 e. The molecular weight excluding hydrogens is 265 g/mol. The van der Waals surface area contributed by atoms with Gasteiger partial charge in [-0.25, -0.2) is 0 Å². The SMILES string of the molecule is COCC(C)Nc1ccc(Cl)cc1Br. The summed E-state index contributed by atoms with van der Waals surface area (Å²) in [6.45, 7) is 2.74. The van der Waals surface area contributed by atoms with Gasteiger partial charge in [-0.1, -0.05) is 11.6 Å². The second-order valence-electron chi connectivity index (χ2n) is 3.12. The molecule has 0 aliphatic rings. The third kappa shape index (κ3) is 3.48. The Morgan fingerprint density at radius 1 is 1.57 bits per heavy atom. The molecule has 78 valence electrons. The highest BCUT2D eigenvalue weighted by Crippen LogP contribution is 2.26. The van der Waals surface area contributed by atoms with Crippen molar-refractivity contribution in [3.8, 4) is 0 Å². The van der Waals surface area contributed by atoms with Crippen LogP contribution in [-0.4, -0.2) is 19.8 Å². The van der Waals surface area contributed by atoms with E-state index in [0.717, 1.165) is 15.2 Å². The molecule has 1 aromatic carbocycles. The molecule has 1 aromatic rings. The van der Waals surface area contributed by atoms with Crippen molar-refractivity contribution in [2.75, 3.05) is 19.0 Å². The van der Waals surface area contributed by atoms with Crippen LogP contribution in [0, 0.1) is 0 Å². The Bertz CT molecular complexity index is 306. The second kappa shape index (κ2) is 5.59. The van der Waals surface area contributed by atoms with Gasteiger partial charge in [-0.2, -0.15) is 0 Å². The predicted octanol–water partition coefficient (Wildman–Crippen LogP) is 3.55. The molecule has 2 nitrogen and oxygen atoms in total. The molecule has 0 fully saturated rings. The zero-order chi connectivity index (χ0) is 10.6. The molecule has 1 N–H and O–H groups in total. The number of hydrogen-bond acceptors (Lipinski definition) is 2. The summed E-state index contributed by atoms with van der Waals surface area (Å²) in [4.78, 5) is 0. The summed E-state index contributed by atoms with van der Waals surface area (Å²) >= 11 is 9.27. The molecule has 1 unspecified atom stereocenters.